The molecule has 8 rings (SSSR count). The second kappa shape index (κ2) is 5.66. The third-order valence-electron chi connectivity index (χ3n) is 7.91. The van der Waals surface area contributed by atoms with E-state index in [1.54, 1.807) is 0 Å². The van der Waals surface area contributed by atoms with Crippen LogP contribution in [0.15, 0.2) is 109 Å². The molecule has 6 aromatic rings. The lowest BCUT2D eigenvalue weighted by Crippen LogP contribution is -2.26. The molecule has 0 heteroatoms. The first kappa shape index (κ1) is 16.8. The summed E-state index contributed by atoms with van der Waals surface area (Å²) >= 11 is 0. The van der Waals surface area contributed by atoms with Crippen molar-refractivity contribution < 1.29 is 0 Å². The fraction of sp³-hybridized carbons (Fsp3) is 0.0625. The number of fused-ring (bicyclic) bond motifs is 10. The average molecular weight is 405 g/mol. The fourth-order valence-electron chi connectivity index (χ4n) is 6.79. The van der Waals surface area contributed by atoms with E-state index in [-0.39, 0.29) is 5.41 Å². The van der Waals surface area contributed by atoms with Gasteiger partial charge in [-0.15, -0.1) is 0 Å². The van der Waals surface area contributed by atoms with Crippen molar-refractivity contribution in [1.82, 2.24) is 0 Å². The van der Waals surface area contributed by atoms with Gasteiger partial charge in [-0.3, -0.25) is 0 Å². The smallest absolute Gasteiger partial charge is 0.0522 e. The van der Waals surface area contributed by atoms with E-state index in [0.29, 0.717) is 0 Å². The van der Waals surface area contributed by atoms with E-state index in [1.807, 2.05) is 0 Å². The van der Waals surface area contributed by atoms with Crippen LogP contribution in [0.25, 0.3) is 43.4 Å². The van der Waals surface area contributed by atoms with Gasteiger partial charge in [0.1, 0.15) is 0 Å². The number of hydrogen-bond donors (Lipinski definition) is 0. The minimum absolute atomic E-state index is 0.157. The summed E-state index contributed by atoms with van der Waals surface area (Å²) in [7, 11) is 0. The van der Waals surface area contributed by atoms with E-state index < -0.39 is 0 Å². The highest BCUT2D eigenvalue weighted by Crippen LogP contribution is 2.61. The van der Waals surface area contributed by atoms with Gasteiger partial charge in [0.15, 0.2) is 0 Å². The van der Waals surface area contributed by atoms with Crippen molar-refractivity contribution in [3.63, 3.8) is 0 Å². The molecule has 1 spiro atoms. The summed E-state index contributed by atoms with van der Waals surface area (Å²) in [5, 5.41) is 8.23. The number of hydrogen-bond acceptors (Lipinski definition) is 0. The molecule has 0 heterocycles. The molecular formula is C32H20. The quantitative estimate of drug-likeness (QED) is 0.240. The third-order valence-corrected chi connectivity index (χ3v) is 7.91. The molecule has 0 N–H and O–H groups in total. The summed E-state index contributed by atoms with van der Waals surface area (Å²) in [6.45, 7) is 0. The summed E-state index contributed by atoms with van der Waals surface area (Å²) in [6.07, 6.45) is 1.02. The van der Waals surface area contributed by atoms with E-state index in [9.17, 15) is 0 Å². The van der Waals surface area contributed by atoms with Gasteiger partial charge in [-0.2, -0.15) is 0 Å². The average Bonchev–Trinajstić information content (AvgIpc) is 3.34. The van der Waals surface area contributed by atoms with Gasteiger partial charge < -0.3 is 0 Å². The van der Waals surface area contributed by atoms with Crippen molar-refractivity contribution in [3.05, 3.63) is 131 Å². The third kappa shape index (κ3) is 1.82. The summed E-state index contributed by atoms with van der Waals surface area (Å²) in [4.78, 5) is 0. The van der Waals surface area contributed by atoms with E-state index in [1.165, 1.54) is 65.7 Å². The van der Waals surface area contributed by atoms with Gasteiger partial charge in [-0.05, 0) is 72.1 Å². The molecule has 0 unspecified atom stereocenters. The Morgan fingerprint density at radius 2 is 1.03 bits per heavy atom. The Kier molecular flexibility index (Phi) is 2.96. The molecule has 0 saturated heterocycles. The van der Waals surface area contributed by atoms with E-state index in [2.05, 4.69) is 109 Å². The maximum atomic E-state index is 2.39. The number of benzene rings is 6. The molecule has 0 bridgehead atoms. The molecule has 0 nitrogen and oxygen atoms in total. The first-order chi connectivity index (χ1) is 15.9. The summed E-state index contributed by atoms with van der Waals surface area (Å²) in [5.74, 6) is 0. The van der Waals surface area contributed by atoms with E-state index >= 15 is 0 Å². The lowest BCUT2D eigenvalue weighted by atomic mass is 9.70. The molecule has 0 radical (unpaired) electrons. The molecule has 148 valence electrons. The molecule has 0 amide bonds. The van der Waals surface area contributed by atoms with Gasteiger partial charge in [0.05, 0.1) is 5.41 Å². The van der Waals surface area contributed by atoms with Crippen molar-refractivity contribution in [2.75, 3.05) is 0 Å². The maximum absolute atomic E-state index is 2.39. The zero-order valence-corrected chi connectivity index (χ0v) is 17.6. The van der Waals surface area contributed by atoms with Gasteiger partial charge in [-0.25, -0.2) is 0 Å². The monoisotopic (exact) mass is 404 g/mol. The number of rotatable bonds is 0. The van der Waals surface area contributed by atoms with Crippen molar-refractivity contribution in [2.24, 2.45) is 0 Å². The molecular weight excluding hydrogens is 384 g/mol. The first-order valence-corrected chi connectivity index (χ1v) is 11.4. The van der Waals surface area contributed by atoms with Crippen LogP contribution in [0.2, 0.25) is 0 Å². The van der Waals surface area contributed by atoms with Crippen molar-refractivity contribution in [1.29, 1.82) is 0 Å². The lowest BCUT2D eigenvalue weighted by molar-refractivity contribution is 0.671. The van der Waals surface area contributed by atoms with Crippen LogP contribution >= 0.6 is 0 Å². The molecule has 0 aromatic heterocycles. The second-order valence-electron chi connectivity index (χ2n) is 9.32. The highest BCUT2D eigenvalue weighted by Gasteiger charge is 2.50. The van der Waals surface area contributed by atoms with Gasteiger partial charge >= 0.3 is 0 Å². The Morgan fingerprint density at radius 3 is 1.69 bits per heavy atom. The minimum Gasteiger partial charge on any atom is -0.0616 e. The van der Waals surface area contributed by atoms with Crippen LogP contribution in [0.1, 0.15) is 22.3 Å². The van der Waals surface area contributed by atoms with Crippen molar-refractivity contribution in [2.45, 2.75) is 11.8 Å². The second-order valence-corrected chi connectivity index (χ2v) is 9.32. The Morgan fingerprint density at radius 1 is 0.469 bits per heavy atom. The van der Waals surface area contributed by atoms with Crippen LogP contribution in [0, 0.1) is 0 Å². The highest BCUT2D eigenvalue weighted by atomic mass is 14.5. The SMILES string of the molecule is c1ccc2c3c(ccc2c1)-c1ccc2ccccc2c1C31Cc2cccc3cccc1c23. The van der Waals surface area contributed by atoms with Gasteiger partial charge in [-0.1, -0.05) is 109 Å². The van der Waals surface area contributed by atoms with Crippen LogP contribution in [-0.4, -0.2) is 0 Å². The van der Waals surface area contributed by atoms with Crippen molar-refractivity contribution in [3.8, 4) is 11.1 Å². The molecule has 0 aliphatic heterocycles. The summed E-state index contributed by atoms with van der Waals surface area (Å²) in [6, 6.07) is 40.9. The Hall–Kier alpha value is -3.90. The van der Waals surface area contributed by atoms with Crippen LogP contribution in [0.4, 0.5) is 0 Å². The maximum Gasteiger partial charge on any atom is 0.0522 e. The Labute approximate surface area is 186 Å². The largest absolute Gasteiger partial charge is 0.0616 e. The zero-order valence-electron chi connectivity index (χ0n) is 17.6. The van der Waals surface area contributed by atoms with Crippen LogP contribution in [0.3, 0.4) is 0 Å². The molecule has 0 fully saturated rings. The van der Waals surface area contributed by atoms with Gasteiger partial charge in [0, 0.05) is 0 Å². The molecule has 2 aliphatic carbocycles. The molecule has 32 heavy (non-hydrogen) atoms. The zero-order chi connectivity index (χ0) is 20.9. The molecule has 2 aliphatic rings. The van der Waals surface area contributed by atoms with Gasteiger partial charge in [0.2, 0.25) is 0 Å². The highest BCUT2D eigenvalue weighted by molar-refractivity contribution is 6.08. The normalized spacial score (nSPS) is 15.0. The summed E-state index contributed by atoms with van der Waals surface area (Å²) in [5.41, 5.74) is 8.56. The standard InChI is InChI=1S/C32H20/c1-3-12-24-20(7-1)15-17-26-27-18-16-21-8-2-4-13-25(21)31(27)32(30(24)26)19-23-11-5-9-22-10-6-14-28(32)29(22)23/h1-18H,19H2. The van der Waals surface area contributed by atoms with E-state index in [4.69, 9.17) is 0 Å². The minimum atomic E-state index is -0.157. The lowest BCUT2D eigenvalue weighted by Gasteiger charge is -2.31. The van der Waals surface area contributed by atoms with Crippen molar-refractivity contribution >= 4 is 32.3 Å². The molecule has 6 aromatic carbocycles. The topological polar surface area (TPSA) is 0 Å². The van der Waals surface area contributed by atoms with Crippen LogP contribution < -0.4 is 0 Å². The Balaban J connectivity index is 1.65. The van der Waals surface area contributed by atoms with Crippen LogP contribution in [-0.2, 0) is 11.8 Å². The first-order valence-electron chi connectivity index (χ1n) is 11.4. The fourth-order valence-corrected chi connectivity index (χ4v) is 6.79. The molecule has 0 atom stereocenters. The summed E-state index contributed by atoms with van der Waals surface area (Å²) < 4.78 is 0. The molecule has 0 saturated carbocycles. The van der Waals surface area contributed by atoms with Crippen LogP contribution in [0.5, 0.6) is 0 Å². The Bertz CT molecular complexity index is 1660. The predicted octanol–water partition coefficient (Wildman–Crippen LogP) is 8.02. The van der Waals surface area contributed by atoms with Gasteiger partial charge in [0.25, 0.3) is 0 Å². The predicted molar refractivity (Wildman–Crippen MR) is 134 cm³/mol. The van der Waals surface area contributed by atoms with E-state index in [0.717, 1.165) is 6.42 Å².